The summed E-state index contributed by atoms with van der Waals surface area (Å²) >= 11 is 0. The van der Waals surface area contributed by atoms with Gasteiger partial charge in [-0.15, -0.1) is 0 Å². The van der Waals surface area contributed by atoms with Crippen molar-refractivity contribution in [1.82, 2.24) is 0 Å². The molecule has 3 rings (SSSR count). The van der Waals surface area contributed by atoms with E-state index in [1.165, 1.54) is 39.2 Å². The number of hydrogen-bond acceptors (Lipinski definition) is 0. The highest BCUT2D eigenvalue weighted by atomic mass is 14.9. The van der Waals surface area contributed by atoms with E-state index in [0.29, 0.717) is 0 Å². The highest BCUT2D eigenvalue weighted by molar-refractivity contribution is 5.66. The lowest BCUT2D eigenvalue weighted by atomic mass is 9.99. The Hall–Kier alpha value is -2.41. The molecule has 1 heteroatoms. The van der Waals surface area contributed by atoms with E-state index in [1.807, 2.05) is 0 Å². The van der Waals surface area contributed by atoms with Crippen LogP contribution in [0.25, 0.3) is 22.5 Å². The molecule has 0 amide bonds. The number of nitrogens with zero attached hydrogens (tertiary/aromatic N) is 1. The minimum atomic E-state index is 1.26. The Labute approximate surface area is 132 Å². The van der Waals surface area contributed by atoms with Crippen molar-refractivity contribution < 1.29 is 4.57 Å². The Bertz CT molecular complexity index is 764. The summed E-state index contributed by atoms with van der Waals surface area (Å²) in [6.45, 7) is 6.51. The second-order valence-electron chi connectivity index (χ2n) is 5.99. The molecule has 22 heavy (non-hydrogen) atoms. The minimum absolute atomic E-state index is 1.26. The lowest BCUT2D eigenvalue weighted by Crippen LogP contribution is -2.34. The third kappa shape index (κ3) is 2.55. The zero-order valence-electron chi connectivity index (χ0n) is 13.7. The fourth-order valence-corrected chi connectivity index (χ4v) is 3.03. The van der Waals surface area contributed by atoms with Gasteiger partial charge < -0.3 is 0 Å². The van der Waals surface area contributed by atoms with Crippen LogP contribution in [0.15, 0.2) is 60.7 Å². The second-order valence-corrected chi connectivity index (χ2v) is 5.99. The van der Waals surface area contributed by atoms with Gasteiger partial charge >= 0.3 is 0 Å². The van der Waals surface area contributed by atoms with Crippen LogP contribution in [0.4, 0.5) is 0 Å². The molecule has 0 saturated heterocycles. The normalized spacial score (nSPS) is 10.7. The molecule has 0 unspecified atom stereocenters. The smallest absolute Gasteiger partial charge is 0.194 e. The quantitative estimate of drug-likeness (QED) is 0.598. The average Bonchev–Trinajstić information content (AvgIpc) is 2.51. The topological polar surface area (TPSA) is 3.88 Å². The van der Waals surface area contributed by atoms with Gasteiger partial charge in [0, 0.05) is 23.3 Å². The van der Waals surface area contributed by atoms with Gasteiger partial charge in [0.05, 0.1) is 0 Å². The third-order valence-corrected chi connectivity index (χ3v) is 4.29. The molecule has 0 atom stereocenters. The van der Waals surface area contributed by atoms with E-state index in [-0.39, 0.29) is 0 Å². The lowest BCUT2D eigenvalue weighted by molar-refractivity contribution is -0.649. The summed E-state index contributed by atoms with van der Waals surface area (Å²) in [5.74, 6) is 0. The molecule has 110 valence electrons. The van der Waals surface area contributed by atoms with Gasteiger partial charge in [-0.1, -0.05) is 36.4 Å². The van der Waals surface area contributed by atoms with Crippen molar-refractivity contribution >= 4 is 0 Å². The van der Waals surface area contributed by atoms with E-state index in [2.05, 4.69) is 93.0 Å². The Kier molecular flexibility index (Phi) is 3.81. The van der Waals surface area contributed by atoms with E-state index in [9.17, 15) is 0 Å². The van der Waals surface area contributed by atoms with Gasteiger partial charge in [0.1, 0.15) is 7.05 Å². The van der Waals surface area contributed by atoms with E-state index in [4.69, 9.17) is 0 Å². The third-order valence-electron chi connectivity index (χ3n) is 4.29. The van der Waals surface area contributed by atoms with Gasteiger partial charge in [-0.2, -0.15) is 4.57 Å². The largest absolute Gasteiger partial charge is 0.213 e. The van der Waals surface area contributed by atoms with Crippen molar-refractivity contribution in [2.45, 2.75) is 20.8 Å². The molecule has 0 N–H and O–H groups in total. The van der Waals surface area contributed by atoms with Crippen LogP contribution >= 0.6 is 0 Å². The van der Waals surface area contributed by atoms with Gasteiger partial charge in [-0.05, 0) is 49.6 Å². The van der Waals surface area contributed by atoms with Crippen molar-refractivity contribution in [2.75, 3.05) is 0 Å². The first-order chi connectivity index (χ1) is 10.6. The van der Waals surface area contributed by atoms with Crippen molar-refractivity contribution in [3.8, 4) is 22.5 Å². The number of benzene rings is 2. The number of aryl methyl sites for hydroxylation is 3. The Balaban J connectivity index is 2.28. The minimum Gasteiger partial charge on any atom is -0.194 e. The number of aromatic nitrogens is 1. The Morgan fingerprint density at radius 3 is 1.45 bits per heavy atom. The molecule has 0 aliphatic rings. The van der Waals surface area contributed by atoms with Crippen LogP contribution in [0.1, 0.15) is 16.7 Å². The molecule has 0 aliphatic heterocycles. The Morgan fingerprint density at radius 1 is 0.636 bits per heavy atom. The summed E-state index contributed by atoms with van der Waals surface area (Å²) in [7, 11) is 2.16. The summed E-state index contributed by atoms with van der Waals surface area (Å²) in [5.41, 5.74) is 9.01. The first-order valence-corrected chi connectivity index (χ1v) is 7.70. The first-order valence-electron chi connectivity index (χ1n) is 7.70. The molecule has 2 aromatic carbocycles. The standard InChI is InChI=1S/C21H22N/c1-15-13-20(18-11-7-5-9-16(18)2)22(4)21(14-15)19-12-8-6-10-17(19)3/h5-14H,1-4H3/q+1. The maximum Gasteiger partial charge on any atom is 0.213 e. The first kappa shape index (κ1) is 14.5. The fraction of sp³-hybridized carbons (Fsp3) is 0.190. The molecule has 0 radical (unpaired) electrons. The molecule has 1 nitrogen and oxygen atoms in total. The molecule has 0 spiro atoms. The van der Waals surface area contributed by atoms with Crippen LogP contribution in [0, 0.1) is 20.8 Å². The molecule has 1 aromatic heterocycles. The van der Waals surface area contributed by atoms with E-state index in [1.54, 1.807) is 0 Å². The predicted octanol–water partition coefficient (Wildman–Crippen LogP) is 4.77. The molecule has 1 heterocycles. The van der Waals surface area contributed by atoms with E-state index >= 15 is 0 Å². The van der Waals surface area contributed by atoms with Gasteiger partial charge in [0.15, 0.2) is 0 Å². The number of rotatable bonds is 2. The summed E-state index contributed by atoms with van der Waals surface area (Å²) in [6, 6.07) is 21.7. The van der Waals surface area contributed by atoms with E-state index < -0.39 is 0 Å². The molecule has 0 fully saturated rings. The molecular weight excluding hydrogens is 266 g/mol. The van der Waals surface area contributed by atoms with Gasteiger partial charge in [0.25, 0.3) is 0 Å². The van der Waals surface area contributed by atoms with Crippen molar-refractivity contribution in [1.29, 1.82) is 0 Å². The maximum atomic E-state index is 2.30. The summed E-state index contributed by atoms with van der Waals surface area (Å²) < 4.78 is 2.30. The van der Waals surface area contributed by atoms with Crippen LogP contribution in [0.2, 0.25) is 0 Å². The van der Waals surface area contributed by atoms with Crippen LogP contribution in [-0.4, -0.2) is 0 Å². The van der Waals surface area contributed by atoms with Crippen molar-refractivity contribution in [2.24, 2.45) is 7.05 Å². The summed E-state index contributed by atoms with van der Waals surface area (Å²) in [4.78, 5) is 0. The highest BCUT2D eigenvalue weighted by Gasteiger charge is 2.19. The zero-order valence-corrected chi connectivity index (χ0v) is 13.7. The highest BCUT2D eigenvalue weighted by Crippen LogP contribution is 2.26. The van der Waals surface area contributed by atoms with Crippen LogP contribution in [-0.2, 0) is 7.05 Å². The average molecular weight is 288 g/mol. The van der Waals surface area contributed by atoms with Crippen molar-refractivity contribution in [3.63, 3.8) is 0 Å². The molecule has 0 aliphatic carbocycles. The van der Waals surface area contributed by atoms with Crippen LogP contribution < -0.4 is 4.57 Å². The second kappa shape index (κ2) is 5.76. The number of pyridine rings is 1. The van der Waals surface area contributed by atoms with Gasteiger partial charge in [0.2, 0.25) is 11.4 Å². The maximum absolute atomic E-state index is 2.30. The fourth-order valence-electron chi connectivity index (χ4n) is 3.03. The molecule has 0 saturated carbocycles. The lowest BCUT2D eigenvalue weighted by Gasteiger charge is -2.10. The molecular formula is C21H22N+. The van der Waals surface area contributed by atoms with Gasteiger partial charge in [-0.25, -0.2) is 0 Å². The SMILES string of the molecule is Cc1cc(-c2ccccc2C)[n+](C)c(-c2ccccc2C)c1. The number of hydrogen-bond donors (Lipinski definition) is 0. The van der Waals surface area contributed by atoms with Gasteiger partial charge in [-0.3, -0.25) is 0 Å². The van der Waals surface area contributed by atoms with E-state index in [0.717, 1.165) is 0 Å². The summed E-state index contributed by atoms with van der Waals surface area (Å²) in [5, 5.41) is 0. The monoisotopic (exact) mass is 288 g/mol. The Morgan fingerprint density at radius 2 is 1.05 bits per heavy atom. The predicted molar refractivity (Wildman–Crippen MR) is 92.7 cm³/mol. The molecule has 3 aromatic rings. The van der Waals surface area contributed by atoms with Crippen LogP contribution in [0.5, 0.6) is 0 Å². The zero-order chi connectivity index (χ0) is 15.7. The van der Waals surface area contributed by atoms with Crippen LogP contribution in [0.3, 0.4) is 0 Å². The van der Waals surface area contributed by atoms with Crippen molar-refractivity contribution in [3.05, 3.63) is 77.4 Å². The molecule has 0 bridgehead atoms. The summed E-state index contributed by atoms with van der Waals surface area (Å²) in [6.07, 6.45) is 0.